The standard InChI is InChI=1S/C28H32Cl2F3N3O4/c1-4-40-25(39)26(3)10-8-18(9-11-26)36-17(2)19(14-34-36)24(38)35(16-27(12-13-27)28(31,32)33)15-22(37)23-20(29)6-5-7-21(23)30/h5-7,14,18H,4,8-13,15-16H2,1-3H3. The molecule has 0 bridgehead atoms. The van der Waals surface area contributed by atoms with Crippen LogP contribution in [0, 0.1) is 17.8 Å². The van der Waals surface area contributed by atoms with Gasteiger partial charge in [-0.15, -0.1) is 0 Å². The lowest BCUT2D eigenvalue weighted by atomic mass is 9.74. The molecule has 2 saturated carbocycles. The smallest absolute Gasteiger partial charge is 0.396 e. The molecule has 1 heterocycles. The lowest BCUT2D eigenvalue weighted by Gasteiger charge is -2.35. The van der Waals surface area contributed by atoms with Crippen LogP contribution in [0.15, 0.2) is 24.4 Å². The highest BCUT2D eigenvalue weighted by atomic mass is 35.5. The molecule has 2 aromatic rings. The third-order valence-electron chi connectivity index (χ3n) is 8.26. The molecule has 0 spiro atoms. The number of hydrogen-bond donors (Lipinski definition) is 0. The van der Waals surface area contributed by atoms with Gasteiger partial charge in [0.15, 0.2) is 5.78 Å². The number of ketones is 1. The zero-order valence-corrected chi connectivity index (χ0v) is 24.1. The van der Waals surface area contributed by atoms with Crippen LogP contribution in [0.5, 0.6) is 0 Å². The highest BCUT2D eigenvalue weighted by Gasteiger charge is 2.64. The highest BCUT2D eigenvalue weighted by Crippen LogP contribution is 2.58. The normalized spacial score (nSPS) is 22.1. The van der Waals surface area contributed by atoms with Crippen LogP contribution < -0.4 is 0 Å². The van der Waals surface area contributed by atoms with Crippen molar-refractivity contribution in [2.45, 2.75) is 71.5 Å². The lowest BCUT2D eigenvalue weighted by Crippen LogP contribution is -2.44. The number of carbonyl (C=O) groups is 3. The van der Waals surface area contributed by atoms with Crippen molar-refractivity contribution in [3.63, 3.8) is 0 Å². The first-order chi connectivity index (χ1) is 18.7. The Hall–Kier alpha value is -2.59. The van der Waals surface area contributed by atoms with E-state index in [0.29, 0.717) is 38.0 Å². The van der Waals surface area contributed by atoms with E-state index in [9.17, 15) is 27.6 Å². The number of halogens is 5. The Kier molecular flexibility index (Phi) is 8.62. The second-order valence-electron chi connectivity index (χ2n) is 11.1. The zero-order chi connectivity index (χ0) is 29.5. The number of ether oxygens (including phenoxy) is 1. The van der Waals surface area contributed by atoms with Crippen molar-refractivity contribution in [3.8, 4) is 0 Å². The maximum absolute atomic E-state index is 13.9. The molecule has 1 aromatic heterocycles. The van der Waals surface area contributed by atoms with E-state index in [4.69, 9.17) is 27.9 Å². The average Bonchev–Trinajstić information content (AvgIpc) is 3.59. The van der Waals surface area contributed by atoms with Crippen molar-refractivity contribution >= 4 is 40.9 Å². The minimum absolute atomic E-state index is 0.0419. The van der Waals surface area contributed by atoms with Gasteiger partial charge in [-0.3, -0.25) is 19.1 Å². The van der Waals surface area contributed by atoms with Gasteiger partial charge in [0.05, 0.1) is 57.4 Å². The number of amides is 1. The molecule has 1 aromatic carbocycles. The van der Waals surface area contributed by atoms with Crippen LogP contribution in [0.4, 0.5) is 13.2 Å². The maximum Gasteiger partial charge on any atom is 0.396 e. The van der Waals surface area contributed by atoms with E-state index >= 15 is 0 Å². The molecule has 2 aliphatic carbocycles. The molecule has 0 atom stereocenters. The first-order valence-corrected chi connectivity index (χ1v) is 14.0. The van der Waals surface area contributed by atoms with E-state index < -0.39 is 41.8 Å². The summed E-state index contributed by atoms with van der Waals surface area (Å²) >= 11 is 12.3. The number of benzene rings is 1. The largest absolute Gasteiger partial charge is 0.466 e. The van der Waals surface area contributed by atoms with Crippen molar-refractivity contribution in [1.29, 1.82) is 0 Å². The molecule has 0 unspecified atom stereocenters. The predicted octanol–water partition coefficient (Wildman–Crippen LogP) is 6.85. The molecule has 12 heteroatoms. The Morgan fingerprint density at radius 1 is 1.12 bits per heavy atom. The van der Waals surface area contributed by atoms with Gasteiger partial charge in [0, 0.05) is 12.2 Å². The molecule has 0 aliphatic heterocycles. The quantitative estimate of drug-likeness (QED) is 0.232. The van der Waals surface area contributed by atoms with Gasteiger partial charge in [0.25, 0.3) is 5.91 Å². The highest BCUT2D eigenvalue weighted by molar-refractivity contribution is 6.40. The van der Waals surface area contributed by atoms with Crippen LogP contribution in [0.3, 0.4) is 0 Å². The van der Waals surface area contributed by atoms with Crippen LogP contribution in [0.25, 0.3) is 0 Å². The molecule has 1 amide bonds. The lowest BCUT2D eigenvalue weighted by molar-refractivity contribution is -0.189. The molecule has 2 fully saturated rings. The van der Waals surface area contributed by atoms with E-state index in [1.807, 2.05) is 6.92 Å². The van der Waals surface area contributed by atoms with E-state index in [-0.39, 0.29) is 46.0 Å². The summed E-state index contributed by atoms with van der Waals surface area (Å²) in [5.41, 5.74) is -2.09. The summed E-state index contributed by atoms with van der Waals surface area (Å²) in [5.74, 6) is -1.61. The minimum Gasteiger partial charge on any atom is -0.466 e. The fourth-order valence-corrected chi connectivity index (χ4v) is 6.04. The summed E-state index contributed by atoms with van der Waals surface area (Å²) in [5, 5.41) is 4.51. The van der Waals surface area contributed by atoms with Crippen LogP contribution in [0.1, 0.15) is 84.8 Å². The van der Waals surface area contributed by atoms with Gasteiger partial charge >= 0.3 is 12.1 Å². The van der Waals surface area contributed by atoms with Crippen LogP contribution in [0.2, 0.25) is 10.0 Å². The monoisotopic (exact) mass is 601 g/mol. The predicted molar refractivity (Wildman–Crippen MR) is 144 cm³/mol. The summed E-state index contributed by atoms with van der Waals surface area (Å²) in [7, 11) is 0. The summed E-state index contributed by atoms with van der Waals surface area (Å²) in [6.45, 7) is 4.35. The number of carbonyl (C=O) groups excluding carboxylic acids is 3. The summed E-state index contributed by atoms with van der Waals surface area (Å²) in [4.78, 5) is 40.2. The number of alkyl halides is 3. The fourth-order valence-electron chi connectivity index (χ4n) is 5.43. The molecular weight excluding hydrogens is 570 g/mol. The van der Waals surface area contributed by atoms with Crippen LogP contribution in [-0.4, -0.2) is 58.2 Å². The number of hydrogen-bond acceptors (Lipinski definition) is 5. The first kappa shape index (κ1) is 30.4. The molecule has 0 saturated heterocycles. The van der Waals surface area contributed by atoms with Gasteiger partial charge in [-0.05, 0) is 71.4 Å². The van der Waals surface area contributed by atoms with Gasteiger partial charge in [-0.1, -0.05) is 29.3 Å². The second kappa shape index (κ2) is 11.4. The molecule has 4 rings (SSSR count). The summed E-state index contributed by atoms with van der Waals surface area (Å²) < 4.78 is 48.6. The van der Waals surface area contributed by atoms with Crippen LogP contribution in [-0.2, 0) is 9.53 Å². The molecule has 7 nitrogen and oxygen atoms in total. The van der Waals surface area contributed by atoms with Gasteiger partial charge < -0.3 is 9.64 Å². The average molecular weight is 602 g/mol. The Balaban J connectivity index is 1.57. The third kappa shape index (κ3) is 5.88. The van der Waals surface area contributed by atoms with E-state index in [2.05, 4.69) is 5.10 Å². The van der Waals surface area contributed by atoms with Gasteiger partial charge in [-0.2, -0.15) is 18.3 Å². The van der Waals surface area contributed by atoms with Gasteiger partial charge in [-0.25, -0.2) is 0 Å². The third-order valence-corrected chi connectivity index (χ3v) is 8.89. The van der Waals surface area contributed by atoms with Crippen molar-refractivity contribution in [3.05, 3.63) is 51.3 Å². The molecule has 218 valence electrons. The molecule has 40 heavy (non-hydrogen) atoms. The Labute approximate surface area is 240 Å². The van der Waals surface area contributed by atoms with Crippen molar-refractivity contribution in [2.75, 3.05) is 19.7 Å². The van der Waals surface area contributed by atoms with Crippen molar-refractivity contribution in [2.24, 2.45) is 10.8 Å². The number of esters is 1. The van der Waals surface area contributed by atoms with E-state index in [1.165, 1.54) is 18.3 Å². The minimum atomic E-state index is -4.52. The Bertz CT molecular complexity index is 1280. The molecular formula is C28H32Cl2F3N3O4. The number of rotatable bonds is 9. The van der Waals surface area contributed by atoms with Gasteiger partial charge in [0.2, 0.25) is 0 Å². The Morgan fingerprint density at radius 2 is 1.73 bits per heavy atom. The van der Waals surface area contributed by atoms with Crippen molar-refractivity contribution in [1.82, 2.24) is 14.7 Å². The summed E-state index contributed by atoms with van der Waals surface area (Å²) in [6.07, 6.45) is -1.04. The molecule has 0 radical (unpaired) electrons. The second-order valence-corrected chi connectivity index (χ2v) is 11.9. The maximum atomic E-state index is 13.9. The topological polar surface area (TPSA) is 81.5 Å². The fraction of sp³-hybridized carbons (Fsp3) is 0.571. The number of Topliss-reactive ketones (excluding diaryl/α,β-unsaturated/α-hetero) is 1. The molecule has 0 N–H and O–H groups in total. The molecule has 2 aliphatic rings. The SMILES string of the molecule is CCOC(=O)C1(C)CCC(n2ncc(C(=O)N(CC(=O)c3c(Cl)cccc3Cl)CC3(C(F)(F)F)CC3)c2C)CC1. The van der Waals surface area contributed by atoms with E-state index in [1.54, 1.807) is 24.6 Å². The number of aromatic nitrogens is 2. The van der Waals surface area contributed by atoms with Gasteiger partial charge in [0.1, 0.15) is 0 Å². The van der Waals surface area contributed by atoms with E-state index in [0.717, 1.165) is 4.90 Å². The van der Waals surface area contributed by atoms with Crippen molar-refractivity contribution < 1.29 is 32.3 Å². The number of nitrogens with zero attached hydrogens (tertiary/aromatic N) is 3. The van der Waals surface area contributed by atoms with Crippen LogP contribution >= 0.6 is 23.2 Å². The first-order valence-electron chi connectivity index (χ1n) is 13.3. The zero-order valence-electron chi connectivity index (χ0n) is 22.6. The Morgan fingerprint density at radius 3 is 2.25 bits per heavy atom. The summed E-state index contributed by atoms with van der Waals surface area (Å²) in [6, 6.07) is 4.36.